The molecule has 154 valence electrons. The van der Waals surface area contributed by atoms with Gasteiger partial charge in [0, 0.05) is 24.9 Å². The summed E-state index contributed by atoms with van der Waals surface area (Å²) >= 11 is 0. The van der Waals surface area contributed by atoms with Gasteiger partial charge in [-0.05, 0) is 29.3 Å². The van der Waals surface area contributed by atoms with Crippen molar-refractivity contribution in [1.82, 2.24) is 5.32 Å². The van der Waals surface area contributed by atoms with Crippen LogP contribution in [0.25, 0.3) is 10.8 Å². The molecule has 0 heterocycles. The first-order chi connectivity index (χ1) is 14.4. The fourth-order valence-corrected chi connectivity index (χ4v) is 3.23. The molecule has 3 rings (SSSR count). The number of nitro benzene ring substituents is 1. The average Bonchev–Trinajstić information content (AvgIpc) is 2.76. The molecule has 0 spiro atoms. The van der Waals surface area contributed by atoms with Crippen LogP contribution in [0, 0.1) is 10.1 Å². The Bertz CT molecular complexity index is 1110. The normalized spacial score (nSPS) is 11.5. The minimum absolute atomic E-state index is 0.0124. The zero-order chi connectivity index (χ0) is 21.7. The zero-order valence-electron chi connectivity index (χ0n) is 16.5. The molecule has 30 heavy (non-hydrogen) atoms. The molecule has 8 nitrogen and oxygen atoms in total. The molecule has 0 aliphatic carbocycles. The van der Waals surface area contributed by atoms with E-state index in [0.717, 1.165) is 22.4 Å². The van der Waals surface area contributed by atoms with Gasteiger partial charge in [-0.3, -0.25) is 14.9 Å². The van der Waals surface area contributed by atoms with Gasteiger partial charge in [0.25, 0.3) is 11.6 Å². The maximum absolute atomic E-state index is 12.4. The van der Waals surface area contributed by atoms with Crippen LogP contribution in [0.15, 0.2) is 60.7 Å². The van der Waals surface area contributed by atoms with Crippen molar-refractivity contribution < 1.29 is 19.2 Å². The molecule has 3 aromatic rings. The first-order valence-corrected chi connectivity index (χ1v) is 9.31. The Morgan fingerprint density at radius 1 is 1.10 bits per heavy atom. The third-order valence-corrected chi connectivity index (χ3v) is 4.70. The number of hydrogen-bond acceptors (Lipinski definition) is 6. The Morgan fingerprint density at radius 3 is 2.57 bits per heavy atom. The number of benzene rings is 3. The van der Waals surface area contributed by atoms with Gasteiger partial charge in [-0.1, -0.05) is 42.5 Å². The van der Waals surface area contributed by atoms with E-state index in [1.54, 1.807) is 7.05 Å². The Hall–Kier alpha value is -3.94. The molecular weight excluding hydrogens is 386 g/mol. The van der Waals surface area contributed by atoms with Crippen molar-refractivity contribution in [3.05, 3.63) is 81.9 Å². The third kappa shape index (κ3) is 4.54. The molecule has 0 saturated heterocycles. The van der Waals surface area contributed by atoms with Crippen LogP contribution < -0.4 is 10.6 Å². The number of amides is 1. The fraction of sp³-hybridized carbons (Fsp3) is 0.182. The minimum atomic E-state index is -0.823. The number of anilines is 1. The molecule has 0 fully saturated rings. The van der Waals surface area contributed by atoms with Crippen LogP contribution in [0.2, 0.25) is 0 Å². The van der Waals surface area contributed by atoms with Crippen LogP contribution in [-0.2, 0) is 9.53 Å². The summed E-state index contributed by atoms with van der Waals surface area (Å²) in [6.07, 6.45) is 0. The summed E-state index contributed by atoms with van der Waals surface area (Å²) in [6, 6.07) is 17.2. The number of nitrogens with one attached hydrogen (secondary N) is 2. The van der Waals surface area contributed by atoms with Crippen LogP contribution in [0.3, 0.4) is 0 Å². The number of hydrogen-bond donors (Lipinski definition) is 2. The van der Waals surface area contributed by atoms with Crippen LogP contribution in [0.4, 0.5) is 11.4 Å². The van der Waals surface area contributed by atoms with Crippen LogP contribution in [-0.4, -0.2) is 30.5 Å². The highest BCUT2D eigenvalue weighted by Gasteiger charge is 2.19. The molecule has 3 aromatic carbocycles. The van der Waals surface area contributed by atoms with Crippen molar-refractivity contribution in [3.8, 4) is 0 Å². The summed E-state index contributed by atoms with van der Waals surface area (Å²) < 4.78 is 5.08. The van der Waals surface area contributed by atoms with E-state index < -0.39 is 23.4 Å². The summed E-state index contributed by atoms with van der Waals surface area (Å²) in [5, 5.41) is 18.6. The van der Waals surface area contributed by atoms with Crippen molar-refractivity contribution in [2.45, 2.75) is 13.0 Å². The molecule has 2 N–H and O–H groups in total. The van der Waals surface area contributed by atoms with Crippen molar-refractivity contribution >= 4 is 34.0 Å². The number of carbonyl (C=O) groups is 2. The lowest BCUT2D eigenvalue weighted by molar-refractivity contribution is -0.384. The Kier molecular flexibility index (Phi) is 6.26. The largest absolute Gasteiger partial charge is 0.452 e. The average molecular weight is 407 g/mol. The highest BCUT2D eigenvalue weighted by molar-refractivity contribution is 5.97. The van der Waals surface area contributed by atoms with E-state index in [2.05, 4.69) is 10.6 Å². The Labute approximate surface area is 173 Å². The van der Waals surface area contributed by atoms with Gasteiger partial charge in [0.05, 0.1) is 16.5 Å². The summed E-state index contributed by atoms with van der Waals surface area (Å²) in [5.41, 5.74) is 1.07. The molecule has 8 heteroatoms. The van der Waals surface area contributed by atoms with Gasteiger partial charge in [-0.25, -0.2) is 4.79 Å². The van der Waals surface area contributed by atoms with Gasteiger partial charge in [-0.2, -0.15) is 0 Å². The monoisotopic (exact) mass is 407 g/mol. The summed E-state index contributed by atoms with van der Waals surface area (Å²) in [6.45, 7) is 1.35. The second kappa shape index (κ2) is 9.04. The molecule has 1 amide bonds. The highest BCUT2D eigenvalue weighted by atomic mass is 16.6. The number of esters is 1. The Morgan fingerprint density at radius 2 is 1.83 bits per heavy atom. The van der Waals surface area contributed by atoms with Gasteiger partial charge in [0.2, 0.25) is 0 Å². The van der Waals surface area contributed by atoms with E-state index in [1.165, 1.54) is 12.1 Å². The number of nitrogens with zero attached hydrogens (tertiary/aromatic N) is 1. The smallest absolute Gasteiger partial charge is 0.341 e. The first kappa shape index (κ1) is 20.8. The van der Waals surface area contributed by atoms with E-state index >= 15 is 0 Å². The van der Waals surface area contributed by atoms with Gasteiger partial charge < -0.3 is 15.4 Å². The predicted octanol–water partition coefficient (Wildman–Crippen LogP) is 3.82. The standard InChI is InChI=1S/C22H21N3O5/c1-14(17-9-5-7-15-6-3-4-8-18(15)17)24-21(26)13-30-22(27)19-12-16(25(28)29)10-11-20(19)23-2/h3-12,14,23H,13H2,1-2H3,(H,24,26)/t14-/m0/s1. The van der Waals surface area contributed by atoms with E-state index in [4.69, 9.17) is 4.74 Å². The van der Waals surface area contributed by atoms with Crippen molar-refractivity contribution in [2.24, 2.45) is 0 Å². The molecule has 1 atom stereocenters. The lowest BCUT2D eigenvalue weighted by atomic mass is 10.00. The third-order valence-electron chi connectivity index (χ3n) is 4.70. The summed E-state index contributed by atoms with van der Waals surface area (Å²) in [7, 11) is 1.58. The zero-order valence-corrected chi connectivity index (χ0v) is 16.5. The highest BCUT2D eigenvalue weighted by Crippen LogP contribution is 2.24. The van der Waals surface area contributed by atoms with Crippen LogP contribution in [0.5, 0.6) is 0 Å². The minimum Gasteiger partial charge on any atom is -0.452 e. The molecule has 0 saturated carbocycles. The number of fused-ring (bicyclic) bond motifs is 1. The Balaban J connectivity index is 1.66. The lowest BCUT2D eigenvalue weighted by Gasteiger charge is -2.17. The van der Waals surface area contributed by atoms with Crippen molar-refractivity contribution in [3.63, 3.8) is 0 Å². The molecule has 0 bridgehead atoms. The molecular formula is C22H21N3O5. The maximum Gasteiger partial charge on any atom is 0.341 e. The lowest BCUT2D eigenvalue weighted by Crippen LogP contribution is -2.31. The fourth-order valence-electron chi connectivity index (χ4n) is 3.23. The molecule has 0 radical (unpaired) electrons. The summed E-state index contributed by atoms with van der Waals surface area (Å²) in [4.78, 5) is 35.0. The molecule has 0 aliphatic rings. The van der Waals surface area contributed by atoms with Crippen LogP contribution in [0.1, 0.15) is 28.9 Å². The van der Waals surface area contributed by atoms with E-state index in [0.29, 0.717) is 5.69 Å². The van der Waals surface area contributed by atoms with Gasteiger partial charge in [0.1, 0.15) is 0 Å². The molecule has 0 aliphatic heterocycles. The first-order valence-electron chi connectivity index (χ1n) is 9.31. The van der Waals surface area contributed by atoms with E-state index in [1.807, 2.05) is 49.4 Å². The summed E-state index contributed by atoms with van der Waals surface area (Å²) in [5.74, 6) is -1.30. The predicted molar refractivity (Wildman–Crippen MR) is 113 cm³/mol. The molecule has 0 unspecified atom stereocenters. The second-order valence-electron chi connectivity index (χ2n) is 6.67. The topological polar surface area (TPSA) is 111 Å². The van der Waals surface area contributed by atoms with Gasteiger partial charge in [-0.15, -0.1) is 0 Å². The number of ether oxygens (including phenoxy) is 1. The number of non-ortho nitro benzene ring substituents is 1. The van der Waals surface area contributed by atoms with Crippen molar-refractivity contribution in [2.75, 3.05) is 19.0 Å². The molecule has 0 aromatic heterocycles. The second-order valence-corrected chi connectivity index (χ2v) is 6.67. The maximum atomic E-state index is 12.4. The van der Waals surface area contributed by atoms with Crippen molar-refractivity contribution in [1.29, 1.82) is 0 Å². The number of carbonyl (C=O) groups excluding carboxylic acids is 2. The van der Waals surface area contributed by atoms with E-state index in [-0.39, 0.29) is 17.3 Å². The van der Waals surface area contributed by atoms with Crippen LogP contribution >= 0.6 is 0 Å². The van der Waals surface area contributed by atoms with E-state index in [9.17, 15) is 19.7 Å². The number of nitro groups is 1. The van der Waals surface area contributed by atoms with Gasteiger partial charge >= 0.3 is 5.97 Å². The number of rotatable bonds is 7. The SMILES string of the molecule is CNc1ccc([N+](=O)[O-])cc1C(=O)OCC(=O)N[C@@H](C)c1cccc2ccccc12. The quantitative estimate of drug-likeness (QED) is 0.350. The van der Waals surface area contributed by atoms with Gasteiger partial charge in [0.15, 0.2) is 6.61 Å².